The minimum absolute atomic E-state index is 0. The van der Waals surface area contributed by atoms with Crippen LogP contribution in [0.25, 0.3) is 0 Å². The normalized spacial score (nSPS) is 10.9. The van der Waals surface area contributed by atoms with Gasteiger partial charge in [-0.05, 0) is 43.0 Å². The standard InChI is InChI=1S/C11H16O3S.H3N/c1-3-4-5-10-8-11(15(12,13)14)7-6-9(10)2;/h6-8H,3-5H2,1-2H3,(H,12,13,14);1H3. The SMILES string of the molecule is CCCCc1cc(S(=O)(=O)O)ccc1C.N. The molecule has 92 valence electrons. The number of rotatable bonds is 4. The van der Waals surface area contributed by atoms with Crippen LogP contribution in [-0.4, -0.2) is 13.0 Å². The van der Waals surface area contributed by atoms with Crippen molar-refractivity contribution >= 4 is 10.1 Å². The monoisotopic (exact) mass is 245 g/mol. The molecule has 4 N–H and O–H groups in total. The lowest BCUT2D eigenvalue weighted by Crippen LogP contribution is -2.00. The van der Waals surface area contributed by atoms with Gasteiger partial charge in [-0.2, -0.15) is 8.42 Å². The van der Waals surface area contributed by atoms with Crippen molar-refractivity contribution in [2.75, 3.05) is 0 Å². The lowest BCUT2D eigenvalue weighted by molar-refractivity contribution is 0.483. The summed E-state index contributed by atoms with van der Waals surface area (Å²) in [5.74, 6) is 0. The molecule has 0 atom stereocenters. The summed E-state index contributed by atoms with van der Waals surface area (Å²) in [6, 6.07) is 4.72. The molecular formula is C11H19NO3S. The summed E-state index contributed by atoms with van der Waals surface area (Å²) < 4.78 is 30.8. The molecule has 4 nitrogen and oxygen atoms in total. The second kappa shape index (κ2) is 5.98. The van der Waals surface area contributed by atoms with Gasteiger partial charge < -0.3 is 6.15 Å². The molecule has 5 heteroatoms. The molecule has 0 aromatic heterocycles. The van der Waals surface area contributed by atoms with Crippen LogP contribution in [0.2, 0.25) is 0 Å². The molecule has 16 heavy (non-hydrogen) atoms. The van der Waals surface area contributed by atoms with Crippen molar-refractivity contribution in [3.8, 4) is 0 Å². The number of hydrogen-bond acceptors (Lipinski definition) is 3. The van der Waals surface area contributed by atoms with Gasteiger partial charge in [-0.1, -0.05) is 19.4 Å². The van der Waals surface area contributed by atoms with E-state index in [9.17, 15) is 8.42 Å². The zero-order valence-electron chi connectivity index (χ0n) is 9.73. The molecule has 1 aromatic rings. The van der Waals surface area contributed by atoms with Crippen molar-refractivity contribution < 1.29 is 13.0 Å². The number of hydrogen-bond donors (Lipinski definition) is 2. The summed E-state index contributed by atoms with van der Waals surface area (Å²) in [6.45, 7) is 4.03. The second-order valence-corrected chi connectivity index (χ2v) is 5.09. The van der Waals surface area contributed by atoms with Crippen molar-refractivity contribution in [1.29, 1.82) is 0 Å². The van der Waals surface area contributed by atoms with Crippen LogP contribution in [0, 0.1) is 6.92 Å². The highest BCUT2D eigenvalue weighted by atomic mass is 32.2. The first-order chi connectivity index (χ1) is 6.95. The third-order valence-corrected chi connectivity index (χ3v) is 3.27. The van der Waals surface area contributed by atoms with Gasteiger partial charge in [0.2, 0.25) is 0 Å². The van der Waals surface area contributed by atoms with Gasteiger partial charge in [0.05, 0.1) is 4.90 Å². The lowest BCUT2D eigenvalue weighted by Gasteiger charge is -2.06. The van der Waals surface area contributed by atoms with Crippen LogP contribution in [0.3, 0.4) is 0 Å². The lowest BCUT2D eigenvalue weighted by atomic mass is 10.0. The zero-order valence-corrected chi connectivity index (χ0v) is 10.5. The first kappa shape index (κ1) is 15.1. The minimum atomic E-state index is -4.07. The Kier molecular flexibility index (Phi) is 5.64. The van der Waals surface area contributed by atoms with E-state index in [4.69, 9.17) is 4.55 Å². The maximum absolute atomic E-state index is 10.9. The number of benzene rings is 1. The highest BCUT2D eigenvalue weighted by Crippen LogP contribution is 2.17. The molecule has 0 heterocycles. The van der Waals surface area contributed by atoms with Gasteiger partial charge in [0.25, 0.3) is 10.1 Å². The molecular weight excluding hydrogens is 226 g/mol. The molecule has 0 saturated carbocycles. The fourth-order valence-electron chi connectivity index (χ4n) is 1.44. The average Bonchev–Trinajstić information content (AvgIpc) is 2.15. The largest absolute Gasteiger partial charge is 0.344 e. The number of aryl methyl sites for hydroxylation is 2. The summed E-state index contributed by atoms with van der Waals surface area (Å²) >= 11 is 0. The van der Waals surface area contributed by atoms with Crippen molar-refractivity contribution in [2.24, 2.45) is 0 Å². The molecule has 0 unspecified atom stereocenters. The van der Waals surface area contributed by atoms with E-state index >= 15 is 0 Å². The highest BCUT2D eigenvalue weighted by molar-refractivity contribution is 7.85. The van der Waals surface area contributed by atoms with Crippen LogP contribution in [0.4, 0.5) is 0 Å². The van der Waals surface area contributed by atoms with E-state index < -0.39 is 10.1 Å². The molecule has 0 spiro atoms. The van der Waals surface area contributed by atoms with Crippen LogP contribution in [-0.2, 0) is 16.5 Å². The second-order valence-electron chi connectivity index (χ2n) is 3.67. The van der Waals surface area contributed by atoms with Gasteiger partial charge in [0.1, 0.15) is 0 Å². The summed E-state index contributed by atoms with van der Waals surface area (Å²) in [4.78, 5) is -0.0146. The first-order valence-corrected chi connectivity index (χ1v) is 6.46. The van der Waals surface area contributed by atoms with Crippen molar-refractivity contribution in [3.63, 3.8) is 0 Å². The van der Waals surface area contributed by atoms with E-state index in [1.807, 2.05) is 6.92 Å². The third-order valence-electron chi connectivity index (χ3n) is 2.42. The maximum Gasteiger partial charge on any atom is 0.294 e. The van der Waals surface area contributed by atoms with Crippen molar-refractivity contribution in [1.82, 2.24) is 6.15 Å². The van der Waals surface area contributed by atoms with Crippen LogP contribution in [0.5, 0.6) is 0 Å². The van der Waals surface area contributed by atoms with Crippen LogP contribution >= 0.6 is 0 Å². The fourth-order valence-corrected chi connectivity index (χ4v) is 1.98. The molecule has 0 aliphatic carbocycles. The number of unbranched alkanes of at least 4 members (excludes halogenated alkanes) is 1. The summed E-state index contributed by atoms with van der Waals surface area (Å²) in [6.07, 6.45) is 2.94. The Morgan fingerprint density at radius 3 is 2.44 bits per heavy atom. The Labute approximate surface area is 97.0 Å². The predicted molar refractivity (Wildman–Crippen MR) is 64.6 cm³/mol. The van der Waals surface area contributed by atoms with Crippen molar-refractivity contribution in [3.05, 3.63) is 29.3 Å². The van der Waals surface area contributed by atoms with Gasteiger partial charge in [-0.25, -0.2) is 0 Å². The van der Waals surface area contributed by atoms with E-state index in [0.29, 0.717) is 0 Å². The van der Waals surface area contributed by atoms with Crippen LogP contribution in [0.1, 0.15) is 30.9 Å². The maximum atomic E-state index is 10.9. The molecule has 0 radical (unpaired) electrons. The molecule has 0 aliphatic rings. The Morgan fingerprint density at radius 1 is 1.31 bits per heavy atom. The Hall–Kier alpha value is -0.910. The van der Waals surface area contributed by atoms with Crippen molar-refractivity contribution in [2.45, 2.75) is 38.0 Å². The smallest absolute Gasteiger partial charge is 0.294 e. The van der Waals surface area contributed by atoms with E-state index in [1.165, 1.54) is 6.07 Å². The summed E-state index contributed by atoms with van der Waals surface area (Å²) in [5, 5.41) is 0. The Balaban J connectivity index is 0.00000225. The van der Waals surface area contributed by atoms with Gasteiger partial charge >= 0.3 is 0 Å². The van der Waals surface area contributed by atoms with E-state index in [2.05, 4.69) is 6.92 Å². The predicted octanol–water partition coefficient (Wildman–Crippen LogP) is 2.75. The molecule has 1 rings (SSSR count). The van der Waals surface area contributed by atoms with Crippen LogP contribution < -0.4 is 6.15 Å². The molecule has 1 aromatic carbocycles. The van der Waals surface area contributed by atoms with E-state index in [-0.39, 0.29) is 11.0 Å². The van der Waals surface area contributed by atoms with Gasteiger partial charge in [0.15, 0.2) is 0 Å². The highest BCUT2D eigenvalue weighted by Gasteiger charge is 2.10. The first-order valence-electron chi connectivity index (χ1n) is 5.02. The summed E-state index contributed by atoms with van der Waals surface area (Å²) in [5.41, 5.74) is 2.06. The zero-order chi connectivity index (χ0) is 11.5. The van der Waals surface area contributed by atoms with Gasteiger partial charge in [-0.3, -0.25) is 4.55 Å². The third kappa shape index (κ3) is 3.92. The Morgan fingerprint density at radius 2 is 1.94 bits per heavy atom. The fraction of sp³-hybridized carbons (Fsp3) is 0.455. The van der Waals surface area contributed by atoms with E-state index in [1.54, 1.807) is 12.1 Å². The molecule has 0 aliphatic heterocycles. The molecule has 0 bridgehead atoms. The Bertz CT molecular complexity index is 441. The molecule has 0 fully saturated rings. The van der Waals surface area contributed by atoms with Crippen LogP contribution in [0.15, 0.2) is 23.1 Å². The average molecular weight is 245 g/mol. The van der Waals surface area contributed by atoms with Gasteiger partial charge in [-0.15, -0.1) is 0 Å². The molecule has 0 saturated heterocycles. The molecule has 0 amide bonds. The topological polar surface area (TPSA) is 89.4 Å². The quantitative estimate of drug-likeness (QED) is 0.798. The van der Waals surface area contributed by atoms with Gasteiger partial charge in [0, 0.05) is 0 Å². The minimum Gasteiger partial charge on any atom is -0.344 e. The van der Waals surface area contributed by atoms with E-state index in [0.717, 1.165) is 30.4 Å². The summed E-state index contributed by atoms with van der Waals surface area (Å²) in [7, 11) is -4.07.